The number of aryl methyl sites for hydroxylation is 1. The van der Waals surface area contributed by atoms with Crippen LogP contribution in [0.25, 0.3) is 5.82 Å². The van der Waals surface area contributed by atoms with E-state index in [1.807, 2.05) is 6.92 Å². The number of nitrogens with zero attached hydrogens (tertiary/aromatic N) is 4. The third kappa shape index (κ3) is 3.55. The minimum atomic E-state index is -0.296. The predicted molar refractivity (Wildman–Crippen MR) is 91.5 cm³/mol. The minimum Gasteiger partial charge on any atom is -0.347 e. The molecule has 0 spiro atoms. The van der Waals surface area contributed by atoms with Crippen LogP contribution in [0.4, 0.5) is 0 Å². The van der Waals surface area contributed by atoms with Gasteiger partial charge in [-0.3, -0.25) is 9.36 Å². The van der Waals surface area contributed by atoms with E-state index in [0.717, 1.165) is 11.1 Å². The molecule has 0 aliphatic carbocycles. The first-order valence-electron chi connectivity index (χ1n) is 7.09. The molecule has 2 aromatic heterocycles. The third-order valence-electron chi connectivity index (χ3n) is 3.46. The highest BCUT2D eigenvalue weighted by Crippen LogP contribution is 2.24. The van der Waals surface area contributed by atoms with E-state index in [9.17, 15) is 4.79 Å². The van der Waals surface area contributed by atoms with E-state index in [1.165, 1.54) is 12.7 Å². The van der Waals surface area contributed by atoms with Gasteiger partial charge in [0.15, 0.2) is 0 Å². The summed E-state index contributed by atoms with van der Waals surface area (Å²) < 4.78 is 1.62. The lowest BCUT2D eigenvalue weighted by atomic mass is 10.1. The molecule has 0 unspecified atom stereocenters. The number of rotatable bonds is 4. The lowest BCUT2D eigenvalue weighted by Crippen LogP contribution is -2.24. The van der Waals surface area contributed by atoms with Crippen LogP contribution < -0.4 is 5.32 Å². The standard InChI is InChI=1S/C16H13Cl2N5O/c1-10-5-11(17)6-13(18)12(10)7-19-16(24)14-3-2-4-15(22-14)23-8-20-21-9-23/h2-6,8-9H,7H2,1H3,(H,19,24). The van der Waals surface area contributed by atoms with Crippen LogP contribution in [0.15, 0.2) is 43.0 Å². The van der Waals surface area contributed by atoms with Gasteiger partial charge < -0.3 is 5.32 Å². The summed E-state index contributed by atoms with van der Waals surface area (Å²) in [5.74, 6) is 0.267. The maximum absolute atomic E-state index is 12.3. The van der Waals surface area contributed by atoms with Crippen molar-refractivity contribution in [3.05, 3.63) is 69.9 Å². The van der Waals surface area contributed by atoms with Crippen molar-refractivity contribution >= 4 is 29.1 Å². The zero-order valence-corrected chi connectivity index (χ0v) is 14.2. The molecule has 0 aliphatic rings. The third-order valence-corrected chi connectivity index (χ3v) is 4.01. The second kappa shape index (κ2) is 6.98. The van der Waals surface area contributed by atoms with Gasteiger partial charge in [0, 0.05) is 16.6 Å². The summed E-state index contributed by atoms with van der Waals surface area (Å²) in [5, 5.41) is 11.4. The number of halogens is 2. The fourth-order valence-corrected chi connectivity index (χ4v) is 2.89. The zero-order valence-electron chi connectivity index (χ0n) is 12.7. The molecule has 0 aliphatic heterocycles. The van der Waals surface area contributed by atoms with Gasteiger partial charge in [-0.25, -0.2) is 4.98 Å². The minimum absolute atomic E-state index is 0.291. The summed E-state index contributed by atoms with van der Waals surface area (Å²) in [6.45, 7) is 2.18. The van der Waals surface area contributed by atoms with Gasteiger partial charge in [-0.05, 0) is 42.3 Å². The first-order valence-corrected chi connectivity index (χ1v) is 7.85. The molecule has 0 fully saturated rings. The highest BCUT2D eigenvalue weighted by atomic mass is 35.5. The summed E-state index contributed by atoms with van der Waals surface area (Å²) >= 11 is 12.1. The van der Waals surface area contributed by atoms with Crippen LogP contribution in [0.2, 0.25) is 10.0 Å². The van der Waals surface area contributed by atoms with Gasteiger partial charge in [-0.2, -0.15) is 0 Å². The Hall–Kier alpha value is -2.44. The van der Waals surface area contributed by atoms with Crippen LogP contribution in [-0.2, 0) is 6.54 Å². The molecule has 24 heavy (non-hydrogen) atoms. The summed E-state index contributed by atoms with van der Waals surface area (Å²) in [7, 11) is 0. The quantitative estimate of drug-likeness (QED) is 0.774. The van der Waals surface area contributed by atoms with E-state index in [4.69, 9.17) is 23.2 Å². The van der Waals surface area contributed by atoms with E-state index in [-0.39, 0.29) is 5.91 Å². The van der Waals surface area contributed by atoms with Crippen molar-refractivity contribution in [2.75, 3.05) is 0 Å². The molecule has 122 valence electrons. The Morgan fingerprint density at radius 2 is 1.96 bits per heavy atom. The Morgan fingerprint density at radius 3 is 2.67 bits per heavy atom. The van der Waals surface area contributed by atoms with Crippen molar-refractivity contribution in [1.82, 2.24) is 25.1 Å². The number of aromatic nitrogens is 4. The Kier molecular flexibility index (Phi) is 4.78. The number of nitrogens with one attached hydrogen (secondary N) is 1. The van der Waals surface area contributed by atoms with Crippen molar-refractivity contribution in [3.8, 4) is 5.82 Å². The van der Waals surface area contributed by atoms with Gasteiger partial charge >= 0.3 is 0 Å². The van der Waals surface area contributed by atoms with E-state index >= 15 is 0 Å². The second-order valence-corrected chi connectivity index (χ2v) is 5.96. The highest BCUT2D eigenvalue weighted by Gasteiger charge is 2.11. The number of amides is 1. The summed E-state index contributed by atoms with van der Waals surface area (Å²) in [5.41, 5.74) is 2.03. The normalized spacial score (nSPS) is 10.6. The molecule has 2 heterocycles. The molecule has 1 amide bonds. The molecule has 1 aromatic carbocycles. The van der Waals surface area contributed by atoms with Gasteiger partial charge in [0.25, 0.3) is 5.91 Å². The average Bonchev–Trinajstić information content (AvgIpc) is 3.08. The molecule has 1 N–H and O–H groups in total. The van der Waals surface area contributed by atoms with Crippen LogP contribution >= 0.6 is 23.2 Å². The highest BCUT2D eigenvalue weighted by molar-refractivity contribution is 6.35. The summed E-state index contributed by atoms with van der Waals surface area (Å²) in [4.78, 5) is 16.6. The molecule has 0 radical (unpaired) electrons. The van der Waals surface area contributed by atoms with Crippen molar-refractivity contribution < 1.29 is 4.79 Å². The topological polar surface area (TPSA) is 72.7 Å². The van der Waals surface area contributed by atoms with Crippen molar-refractivity contribution in [1.29, 1.82) is 0 Å². The maximum atomic E-state index is 12.3. The van der Waals surface area contributed by atoms with Crippen LogP contribution in [0.5, 0.6) is 0 Å². The molecular weight excluding hydrogens is 349 g/mol. The van der Waals surface area contributed by atoms with Gasteiger partial charge in [-0.15, -0.1) is 10.2 Å². The number of pyridine rings is 1. The fraction of sp³-hybridized carbons (Fsp3) is 0.125. The molecule has 3 rings (SSSR count). The van der Waals surface area contributed by atoms with Gasteiger partial charge in [-0.1, -0.05) is 29.3 Å². The lowest BCUT2D eigenvalue weighted by molar-refractivity contribution is 0.0946. The molecule has 0 bridgehead atoms. The predicted octanol–water partition coefficient (Wildman–Crippen LogP) is 3.21. The van der Waals surface area contributed by atoms with Gasteiger partial charge in [0.1, 0.15) is 24.2 Å². The number of hydrogen-bond donors (Lipinski definition) is 1. The van der Waals surface area contributed by atoms with Crippen molar-refractivity contribution in [3.63, 3.8) is 0 Å². The smallest absolute Gasteiger partial charge is 0.270 e. The Balaban J connectivity index is 1.75. The SMILES string of the molecule is Cc1cc(Cl)cc(Cl)c1CNC(=O)c1cccc(-n2cnnc2)n1. The van der Waals surface area contributed by atoms with E-state index < -0.39 is 0 Å². The zero-order chi connectivity index (χ0) is 17.1. The number of carbonyl (C=O) groups is 1. The average molecular weight is 362 g/mol. The summed E-state index contributed by atoms with van der Waals surface area (Å²) in [6, 6.07) is 8.61. The maximum Gasteiger partial charge on any atom is 0.270 e. The molecule has 0 atom stereocenters. The Labute approximate surface area is 148 Å². The molecule has 0 saturated heterocycles. The lowest BCUT2D eigenvalue weighted by Gasteiger charge is -2.11. The van der Waals surface area contributed by atoms with E-state index in [1.54, 1.807) is 34.9 Å². The van der Waals surface area contributed by atoms with Crippen molar-refractivity contribution in [2.24, 2.45) is 0 Å². The second-order valence-electron chi connectivity index (χ2n) is 5.12. The Bertz CT molecular complexity index is 857. The monoisotopic (exact) mass is 361 g/mol. The Morgan fingerprint density at radius 1 is 1.21 bits per heavy atom. The molecule has 8 heteroatoms. The first-order chi connectivity index (χ1) is 11.5. The van der Waals surface area contributed by atoms with Crippen molar-refractivity contribution in [2.45, 2.75) is 13.5 Å². The molecular formula is C16H13Cl2N5O. The first kappa shape index (κ1) is 16.4. The molecule has 6 nitrogen and oxygen atoms in total. The van der Waals surface area contributed by atoms with Crippen LogP contribution in [0.3, 0.4) is 0 Å². The number of benzene rings is 1. The van der Waals surface area contributed by atoms with Crippen LogP contribution in [0, 0.1) is 6.92 Å². The fourth-order valence-electron chi connectivity index (χ4n) is 2.23. The van der Waals surface area contributed by atoms with Gasteiger partial charge in [0.2, 0.25) is 0 Å². The molecule has 3 aromatic rings. The number of carbonyl (C=O) groups excluding carboxylic acids is 1. The largest absolute Gasteiger partial charge is 0.347 e. The van der Waals surface area contributed by atoms with Gasteiger partial charge in [0.05, 0.1) is 0 Å². The van der Waals surface area contributed by atoms with Crippen LogP contribution in [0.1, 0.15) is 21.6 Å². The van der Waals surface area contributed by atoms with E-state index in [2.05, 4.69) is 20.5 Å². The number of hydrogen-bond acceptors (Lipinski definition) is 4. The molecule has 0 saturated carbocycles. The van der Waals surface area contributed by atoms with Crippen LogP contribution in [-0.4, -0.2) is 25.7 Å². The summed E-state index contributed by atoms with van der Waals surface area (Å²) in [6.07, 6.45) is 3.03. The van der Waals surface area contributed by atoms with E-state index in [0.29, 0.717) is 28.1 Å².